The molecule has 1 N–H and O–H groups in total. The summed E-state index contributed by atoms with van der Waals surface area (Å²) in [6.45, 7) is 9.54. The van der Waals surface area contributed by atoms with E-state index in [2.05, 4.69) is 5.32 Å². The number of likely N-dealkylation sites (N-methyl/N-ethyl adjacent to an activating group) is 1. The molecule has 0 aliphatic carbocycles. The van der Waals surface area contributed by atoms with E-state index in [1.54, 1.807) is 20.8 Å². The van der Waals surface area contributed by atoms with Gasteiger partial charge in [0.25, 0.3) is 0 Å². The van der Waals surface area contributed by atoms with Crippen molar-refractivity contribution in [1.29, 1.82) is 0 Å². The van der Waals surface area contributed by atoms with Crippen molar-refractivity contribution < 1.29 is 23.9 Å². The fourth-order valence-electron chi connectivity index (χ4n) is 2.24. The Morgan fingerprint density at radius 1 is 1.39 bits per heavy atom. The Labute approximate surface area is 137 Å². The van der Waals surface area contributed by atoms with Gasteiger partial charge in [0.1, 0.15) is 17.7 Å². The van der Waals surface area contributed by atoms with Crippen LogP contribution in [0.3, 0.4) is 0 Å². The Bertz CT molecular complexity index is 456. The summed E-state index contributed by atoms with van der Waals surface area (Å²) in [5.41, 5.74) is -0.639. The van der Waals surface area contributed by atoms with E-state index in [0.29, 0.717) is 19.4 Å². The highest BCUT2D eigenvalue weighted by atomic mass is 16.6. The van der Waals surface area contributed by atoms with Crippen LogP contribution >= 0.6 is 0 Å². The van der Waals surface area contributed by atoms with Crippen LogP contribution in [0, 0.1) is 5.92 Å². The molecule has 1 saturated heterocycles. The fraction of sp³-hybridized carbons (Fsp3) is 0.812. The van der Waals surface area contributed by atoms with Crippen LogP contribution in [0.4, 0.5) is 4.79 Å². The zero-order valence-corrected chi connectivity index (χ0v) is 14.8. The van der Waals surface area contributed by atoms with Gasteiger partial charge in [-0.05, 0) is 33.1 Å². The molecule has 132 valence electrons. The van der Waals surface area contributed by atoms with Crippen LogP contribution < -0.4 is 5.32 Å². The van der Waals surface area contributed by atoms with Gasteiger partial charge >= 0.3 is 12.1 Å². The second-order valence-electron chi connectivity index (χ2n) is 7.25. The lowest BCUT2D eigenvalue weighted by Gasteiger charge is -2.31. The van der Waals surface area contributed by atoms with Gasteiger partial charge in [-0.15, -0.1) is 0 Å². The minimum Gasteiger partial charge on any atom is -0.464 e. The summed E-state index contributed by atoms with van der Waals surface area (Å²) in [5, 5.41) is 2.67. The van der Waals surface area contributed by atoms with Crippen molar-refractivity contribution in [3.05, 3.63) is 0 Å². The molecule has 0 saturated carbocycles. The molecule has 1 rings (SSSR count). The average Bonchev–Trinajstić information content (AvgIpc) is 2.78. The summed E-state index contributed by atoms with van der Waals surface area (Å²) in [6, 6.07) is -1.33. The monoisotopic (exact) mass is 328 g/mol. The van der Waals surface area contributed by atoms with Crippen molar-refractivity contribution in [1.82, 2.24) is 10.2 Å². The third-order valence-electron chi connectivity index (χ3n) is 3.40. The zero-order valence-electron chi connectivity index (χ0n) is 14.8. The van der Waals surface area contributed by atoms with E-state index in [1.807, 2.05) is 13.8 Å². The van der Waals surface area contributed by atoms with Gasteiger partial charge < -0.3 is 14.8 Å². The molecular weight excluding hydrogens is 300 g/mol. The van der Waals surface area contributed by atoms with Crippen molar-refractivity contribution in [2.45, 2.75) is 65.1 Å². The van der Waals surface area contributed by atoms with Gasteiger partial charge in [0.05, 0.1) is 6.61 Å². The SMILES string of the molecule is CC(C)CC(C(=O)NC1CCOC1=O)N(C)C(=O)OC(C)(C)C. The van der Waals surface area contributed by atoms with Gasteiger partial charge in [0.2, 0.25) is 5.91 Å². The second-order valence-corrected chi connectivity index (χ2v) is 7.25. The second kappa shape index (κ2) is 7.66. The molecule has 7 nitrogen and oxygen atoms in total. The van der Waals surface area contributed by atoms with Crippen LogP contribution in [0.15, 0.2) is 0 Å². The van der Waals surface area contributed by atoms with Gasteiger partial charge in [-0.25, -0.2) is 9.59 Å². The van der Waals surface area contributed by atoms with Crippen molar-refractivity contribution in [2.75, 3.05) is 13.7 Å². The molecule has 23 heavy (non-hydrogen) atoms. The Kier molecular flexibility index (Phi) is 6.41. The van der Waals surface area contributed by atoms with Crippen molar-refractivity contribution in [3.8, 4) is 0 Å². The van der Waals surface area contributed by atoms with Crippen LogP contribution in [0.5, 0.6) is 0 Å². The minimum absolute atomic E-state index is 0.200. The van der Waals surface area contributed by atoms with E-state index in [4.69, 9.17) is 9.47 Å². The number of nitrogens with one attached hydrogen (secondary N) is 1. The quantitative estimate of drug-likeness (QED) is 0.777. The molecule has 1 fully saturated rings. The Morgan fingerprint density at radius 3 is 2.43 bits per heavy atom. The van der Waals surface area contributed by atoms with Crippen LogP contribution in [-0.4, -0.2) is 54.2 Å². The van der Waals surface area contributed by atoms with E-state index in [9.17, 15) is 14.4 Å². The first kappa shape index (κ1) is 19.3. The lowest BCUT2D eigenvalue weighted by atomic mass is 10.0. The molecule has 0 radical (unpaired) electrons. The van der Waals surface area contributed by atoms with Gasteiger partial charge in [0.15, 0.2) is 0 Å². The number of hydrogen-bond donors (Lipinski definition) is 1. The number of esters is 1. The lowest BCUT2D eigenvalue weighted by Crippen LogP contribution is -2.52. The maximum atomic E-state index is 12.5. The van der Waals surface area contributed by atoms with Crippen LogP contribution in [0.25, 0.3) is 0 Å². The molecule has 1 aliphatic heterocycles. The number of ether oxygens (including phenoxy) is 2. The molecule has 2 atom stereocenters. The molecule has 0 aromatic heterocycles. The first-order chi connectivity index (χ1) is 10.5. The Hall–Kier alpha value is -1.79. The largest absolute Gasteiger partial charge is 0.464 e. The highest BCUT2D eigenvalue weighted by Crippen LogP contribution is 2.16. The summed E-state index contributed by atoms with van der Waals surface area (Å²) in [5.74, 6) is -0.594. The van der Waals surface area contributed by atoms with E-state index < -0.39 is 29.7 Å². The number of amides is 2. The summed E-state index contributed by atoms with van der Waals surface area (Å²) < 4.78 is 10.2. The third-order valence-corrected chi connectivity index (χ3v) is 3.40. The molecule has 1 heterocycles. The maximum Gasteiger partial charge on any atom is 0.410 e. The Balaban J connectivity index is 2.79. The van der Waals surface area contributed by atoms with Gasteiger partial charge in [-0.1, -0.05) is 13.8 Å². The number of carbonyl (C=O) groups excluding carboxylic acids is 3. The molecule has 0 aromatic carbocycles. The zero-order chi connectivity index (χ0) is 17.8. The average molecular weight is 328 g/mol. The lowest BCUT2D eigenvalue weighted by molar-refractivity contribution is -0.142. The number of hydrogen-bond acceptors (Lipinski definition) is 5. The van der Waals surface area contributed by atoms with Gasteiger partial charge in [-0.2, -0.15) is 0 Å². The highest BCUT2D eigenvalue weighted by Gasteiger charge is 2.35. The minimum atomic E-state index is -0.696. The molecule has 0 bridgehead atoms. The maximum absolute atomic E-state index is 12.5. The number of nitrogens with zero attached hydrogens (tertiary/aromatic N) is 1. The van der Waals surface area contributed by atoms with Crippen molar-refractivity contribution in [2.24, 2.45) is 5.92 Å². The summed E-state index contributed by atoms with van der Waals surface area (Å²) in [7, 11) is 1.54. The predicted octanol–water partition coefficient (Wildman–Crippen LogP) is 1.70. The van der Waals surface area contributed by atoms with Gasteiger partial charge in [0, 0.05) is 13.5 Å². The van der Waals surface area contributed by atoms with E-state index in [1.165, 1.54) is 11.9 Å². The van der Waals surface area contributed by atoms with Crippen LogP contribution in [0.1, 0.15) is 47.5 Å². The van der Waals surface area contributed by atoms with Crippen molar-refractivity contribution >= 4 is 18.0 Å². The Morgan fingerprint density at radius 2 is 2.00 bits per heavy atom. The van der Waals surface area contributed by atoms with E-state index >= 15 is 0 Å². The molecule has 1 aliphatic rings. The predicted molar refractivity (Wildman–Crippen MR) is 84.7 cm³/mol. The fourth-order valence-corrected chi connectivity index (χ4v) is 2.24. The van der Waals surface area contributed by atoms with E-state index in [-0.39, 0.29) is 11.8 Å². The molecule has 2 unspecified atom stereocenters. The highest BCUT2D eigenvalue weighted by molar-refractivity contribution is 5.90. The topological polar surface area (TPSA) is 84.9 Å². The first-order valence-corrected chi connectivity index (χ1v) is 7.94. The smallest absolute Gasteiger partial charge is 0.410 e. The molecule has 2 amide bonds. The molecule has 0 spiro atoms. The number of cyclic esters (lactones) is 1. The molecular formula is C16H28N2O5. The summed E-state index contributed by atoms with van der Waals surface area (Å²) in [4.78, 5) is 37.5. The van der Waals surface area contributed by atoms with Crippen molar-refractivity contribution in [3.63, 3.8) is 0 Å². The van der Waals surface area contributed by atoms with Crippen LogP contribution in [-0.2, 0) is 19.1 Å². The summed E-state index contributed by atoms with van der Waals surface area (Å²) in [6.07, 6.45) is 0.366. The third kappa shape index (κ3) is 6.08. The first-order valence-electron chi connectivity index (χ1n) is 7.94. The normalized spacial score (nSPS) is 19.3. The summed E-state index contributed by atoms with van der Waals surface area (Å²) >= 11 is 0. The standard InChI is InChI=1S/C16H28N2O5/c1-10(2)9-12(18(6)15(21)23-16(3,4)5)13(19)17-11-7-8-22-14(11)20/h10-12H,7-9H2,1-6H3,(H,17,19). The number of carbonyl (C=O) groups is 3. The molecule has 0 aromatic rings. The van der Waals surface area contributed by atoms with Gasteiger partial charge in [-0.3, -0.25) is 9.69 Å². The van der Waals surface area contributed by atoms with E-state index in [0.717, 1.165) is 0 Å². The number of rotatable bonds is 5. The molecule has 7 heteroatoms. The van der Waals surface area contributed by atoms with Crippen LogP contribution in [0.2, 0.25) is 0 Å².